The predicted octanol–water partition coefficient (Wildman–Crippen LogP) is 1.69. The lowest BCUT2D eigenvalue weighted by atomic mass is 10.2. The van der Waals surface area contributed by atoms with Gasteiger partial charge < -0.3 is 15.1 Å². The van der Waals surface area contributed by atoms with Gasteiger partial charge in [0.2, 0.25) is 0 Å². The normalized spacial score (nSPS) is 19.0. The summed E-state index contributed by atoms with van der Waals surface area (Å²) in [7, 11) is 0. The Morgan fingerprint density at radius 1 is 1.06 bits per heavy atom. The fraction of sp³-hybridized carbons (Fsp3) is 0.227. The summed E-state index contributed by atoms with van der Waals surface area (Å²) in [6.45, 7) is 3.26. The first kappa shape index (κ1) is 25.2. The molecule has 35 heavy (non-hydrogen) atoms. The number of aromatic nitrogens is 1. The lowest BCUT2D eigenvalue weighted by Crippen LogP contribution is -2.37. The minimum absolute atomic E-state index is 0.0400. The summed E-state index contributed by atoms with van der Waals surface area (Å²) in [4.78, 5) is 53.0. The van der Waals surface area contributed by atoms with Gasteiger partial charge >= 0.3 is 11.9 Å². The highest BCUT2D eigenvalue weighted by atomic mass is 32.2. The number of thiazole rings is 1. The van der Waals surface area contributed by atoms with E-state index in [2.05, 4.69) is 4.90 Å². The number of carboxylic acids is 2. The second-order valence-corrected chi connectivity index (χ2v) is 11.2. The van der Waals surface area contributed by atoms with E-state index in [0.717, 1.165) is 54.7 Å². The Balaban J connectivity index is 1.89. The van der Waals surface area contributed by atoms with Gasteiger partial charge in [0, 0.05) is 11.4 Å². The van der Waals surface area contributed by atoms with Crippen molar-refractivity contribution in [2.75, 3.05) is 18.0 Å². The summed E-state index contributed by atoms with van der Waals surface area (Å²) in [5, 5.41) is 19.4. The molecule has 0 radical (unpaired) electrons. The maximum Gasteiger partial charge on any atom is 0.323 e. The van der Waals surface area contributed by atoms with Crippen LogP contribution < -0.4 is 19.7 Å². The van der Waals surface area contributed by atoms with Gasteiger partial charge in [0.25, 0.3) is 11.5 Å². The number of fused-ring (bicyclic) bond motifs is 1. The first-order chi connectivity index (χ1) is 16.6. The number of hydrogen-bond donors (Lipinski definition) is 2. The third kappa shape index (κ3) is 4.81. The zero-order chi connectivity index (χ0) is 25.4. The topological polar surface area (TPSA) is 120 Å². The van der Waals surface area contributed by atoms with Gasteiger partial charge in [0.1, 0.15) is 27.0 Å². The lowest BCUT2D eigenvalue weighted by Gasteiger charge is -2.17. The number of hydrogen-bond acceptors (Lipinski definition) is 9. The Bertz CT molecular complexity index is 1490. The van der Waals surface area contributed by atoms with Crippen molar-refractivity contribution < 1.29 is 24.6 Å². The number of rotatable bonds is 6. The van der Waals surface area contributed by atoms with E-state index in [4.69, 9.17) is 17.3 Å². The number of aliphatic carboxylic acids is 2. The molecule has 182 valence electrons. The van der Waals surface area contributed by atoms with Crippen LogP contribution in [0.3, 0.4) is 0 Å². The largest absolute Gasteiger partial charge is 0.480 e. The minimum Gasteiger partial charge on any atom is -0.480 e. The number of carboxylic acid groups (broad SMARTS) is 2. The quantitative estimate of drug-likeness (QED) is 0.515. The van der Waals surface area contributed by atoms with Gasteiger partial charge in [-0.1, -0.05) is 47.9 Å². The molecule has 4 rings (SSSR count). The minimum atomic E-state index is -1.24. The predicted molar refractivity (Wildman–Crippen MR) is 141 cm³/mol. The number of carbonyl (C=O) groups excluding carboxylic acids is 1. The summed E-state index contributed by atoms with van der Waals surface area (Å²) < 4.78 is 1.51. The Morgan fingerprint density at radius 3 is 2.40 bits per heavy atom. The van der Waals surface area contributed by atoms with Crippen LogP contribution in [-0.4, -0.2) is 54.9 Å². The monoisotopic (exact) mass is 549 g/mol. The standard InChI is InChI=1S/C22H19N3O6S4/c1-3-23-12-6-4-5-7-13(12)33-14(23)8-11(2)17-19(30)24(9-15(26)27)21(34-17)18-20(31)25(10-16(28)29)22(32)35-18/h4-8H,3,9-10H2,1-2H3,(H,26,27)(H,28,29)/b14-8?,17-11?,21-18-. The van der Waals surface area contributed by atoms with Crippen molar-refractivity contribution in [3.63, 3.8) is 0 Å². The van der Waals surface area contributed by atoms with Gasteiger partial charge in [-0.25, -0.2) is 0 Å². The highest BCUT2D eigenvalue weighted by Gasteiger charge is 2.35. The summed E-state index contributed by atoms with van der Waals surface area (Å²) in [6, 6.07) is 7.97. The number of thioether (sulfide) groups is 2. The summed E-state index contributed by atoms with van der Waals surface area (Å²) in [5.74, 6) is -3.14. The maximum absolute atomic E-state index is 13.3. The van der Waals surface area contributed by atoms with Crippen LogP contribution in [0.15, 0.2) is 45.1 Å². The molecule has 2 aliphatic rings. The highest BCUT2D eigenvalue weighted by molar-refractivity contribution is 8.30. The first-order valence-electron chi connectivity index (χ1n) is 10.3. The van der Waals surface area contributed by atoms with Gasteiger partial charge in [-0.2, -0.15) is 0 Å². The zero-order valence-electron chi connectivity index (χ0n) is 18.5. The average Bonchev–Trinajstić information content (AvgIpc) is 3.40. The molecule has 0 saturated carbocycles. The number of allylic oxidation sites excluding steroid dienone is 1. The Kier molecular flexibility index (Phi) is 7.22. The van der Waals surface area contributed by atoms with Gasteiger partial charge in [-0.15, -0.1) is 11.3 Å². The number of para-hydroxylation sites is 1. The molecule has 0 spiro atoms. The Morgan fingerprint density at radius 2 is 1.74 bits per heavy atom. The van der Waals surface area contributed by atoms with Crippen molar-refractivity contribution in [3.8, 4) is 0 Å². The lowest BCUT2D eigenvalue weighted by molar-refractivity contribution is -0.140. The molecule has 1 aromatic carbocycles. The number of nitrogens with zero attached hydrogens (tertiary/aromatic N) is 3. The number of anilines is 1. The molecule has 3 heterocycles. The number of benzene rings is 1. The van der Waals surface area contributed by atoms with E-state index in [1.807, 2.05) is 37.3 Å². The third-order valence-electron chi connectivity index (χ3n) is 5.16. The maximum atomic E-state index is 13.3. The van der Waals surface area contributed by atoms with E-state index in [0.29, 0.717) is 10.1 Å². The average molecular weight is 550 g/mol. The number of amides is 1. The fourth-order valence-corrected chi connectivity index (χ4v) is 7.39. The van der Waals surface area contributed by atoms with Crippen molar-refractivity contribution in [2.24, 2.45) is 0 Å². The second kappa shape index (κ2) is 10.0. The molecule has 2 N–H and O–H groups in total. The van der Waals surface area contributed by atoms with Crippen LogP contribution in [0.5, 0.6) is 0 Å². The van der Waals surface area contributed by atoms with Gasteiger partial charge in [-0.3, -0.25) is 28.6 Å². The fourth-order valence-electron chi connectivity index (χ4n) is 3.64. The molecular formula is C22H19N3O6S4. The number of carbonyl (C=O) groups is 3. The molecule has 1 fully saturated rings. The third-order valence-corrected chi connectivity index (χ3v) is 9.16. The van der Waals surface area contributed by atoms with Crippen molar-refractivity contribution in [2.45, 2.75) is 25.3 Å². The molecule has 0 unspecified atom stereocenters. The van der Waals surface area contributed by atoms with Gasteiger partial charge in [-0.05, 0) is 37.6 Å². The molecule has 0 bridgehead atoms. The molecule has 0 atom stereocenters. The van der Waals surface area contributed by atoms with E-state index in [1.165, 1.54) is 0 Å². The number of thiocarbonyl (C=S) groups is 1. The SMILES string of the molecule is CCN1C(=CC(C)=c2s/c(=C3\SC(=S)N(CC(=O)O)C3=O)n(CC(=O)O)c2=O)Sc2ccccc21. The van der Waals surface area contributed by atoms with Gasteiger partial charge in [0.05, 0.1) is 15.2 Å². The first-order valence-corrected chi connectivity index (χ1v) is 13.2. The molecule has 9 nitrogen and oxygen atoms in total. The Hall–Kier alpha value is -2.87. The summed E-state index contributed by atoms with van der Waals surface area (Å²) in [6.07, 6.45) is 1.88. The molecule has 13 heteroatoms. The van der Waals surface area contributed by atoms with Crippen LogP contribution in [0.25, 0.3) is 10.5 Å². The van der Waals surface area contributed by atoms with Crippen LogP contribution in [0.2, 0.25) is 0 Å². The summed E-state index contributed by atoms with van der Waals surface area (Å²) >= 11 is 8.59. The van der Waals surface area contributed by atoms with E-state index in [1.54, 1.807) is 18.7 Å². The molecule has 1 amide bonds. The van der Waals surface area contributed by atoms with E-state index < -0.39 is 36.5 Å². The van der Waals surface area contributed by atoms with Crippen LogP contribution >= 0.6 is 47.1 Å². The van der Waals surface area contributed by atoms with E-state index >= 15 is 0 Å². The molecule has 0 aliphatic carbocycles. The molecule has 2 aliphatic heterocycles. The molecule has 1 saturated heterocycles. The van der Waals surface area contributed by atoms with Crippen molar-refractivity contribution in [1.82, 2.24) is 9.47 Å². The summed E-state index contributed by atoms with van der Waals surface area (Å²) in [5.41, 5.74) is 1.17. The van der Waals surface area contributed by atoms with Crippen LogP contribution in [-0.2, 0) is 20.9 Å². The second-order valence-electron chi connectivity index (χ2n) is 7.48. The Labute approximate surface area is 217 Å². The van der Waals surface area contributed by atoms with Crippen molar-refractivity contribution >= 4 is 85.4 Å². The molecular weight excluding hydrogens is 531 g/mol. The molecule has 1 aromatic heterocycles. The highest BCUT2D eigenvalue weighted by Crippen LogP contribution is 2.45. The smallest absolute Gasteiger partial charge is 0.323 e. The van der Waals surface area contributed by atoms with Crippen molar-refractivity contribution in [3.05, 3.63) is 54.9 Å². The van der Waals surface area contributed by atoms with E-state index in [-0.39, 0.29) is 13.9 Å². The molecule has 2 aromatic rings. The van der Waals surface area contributed by atoms with Crippen LogP contribution in [0.1, 0.15) is 13.8 Å². The zero-order valence-corrected chi connectivity index (χ0v) is 21.8. The van der Waals surface area contributed by atoms with Gasteiger partial charge in [0.15, 0.2) is 0 Å². The van der Waals surface area contributed by atoms with Crippen LogP contribution in [0.4, 0.5) is 5.69 Å². The van der Waals surface area contributed by atoms with Crippen LogP contribution in [0, 0.1) is 0 Å². The van der Waals surface area contributed by atoms with Crippen molar-refractivity contribution in [1.29, 1.82) is 0 Å². The van der Waals surface area contributed by atoms with E-state index in [9.17, 15) is 24.3 Å².